The van der Waals surface area contributed by atoms with E-state index in [1.807, 2.05) is 6.92 Å². The summed E-state index contributed by atoms with van der Waals surface area (Å²) in [4.78, 5) is 52.0. The number of esters is 1. The number of carbonyl (C=O) groups is 4. The number of benzene rings is 1. The molecule has 4 amide bonds. The fraction of sp³-hybridized carbons (Fsp3) is 0.524. The fourth-order valence-electron chi connectivity index (χ4n) is 3.43. The monoisotopic (exact) mass is 419 g/mol. The van der Waals surface area contributed by atoms with Crippen LogP contribution in [0.3, 0.4) is 0 Å². The fourth-order valence-corrected chi connectivity index (χ4v) is 3.43. The third-order valence-electron chi connectivity index (χ3n) is 5.27. The Bertz CT molecular complexity index is 840. The summed E-state index contributed by atoms with van der Waals surface area (Å²) in [6.07, 6.45) is 0.368. The summed E-state index contributed by atoms with van der Waals surface area (Å²) in [6.45, 7) is 5.36. The maximum absolute atomic E-state index is 13.2. The molecule has 0 saturated carbocycles. The Morgan fingerprint density at radius 1 is 1.23 bits per heavy atom. The number of aryl methyl sites for hydroxylation is 1. The molecular formula is C21H29N3O6. The number of hydrogen-bond donors (Lipinski definition) is 1. The van der Waals surface area contributed by atoms with Gasteiger partial charge in [-0.2, -0.15) is 0 Å². The number of hydrogen-bond acceptors (Lipinski definition) is 6. The highest BCUT2D eigenvalue weighted by molar-refractivity contribution is 6.09. The van der Waals surface area contributed by atoms with E-state index in [1.54, 1.807) is 39.2 Å². The first kappa shape index (κ1) is 23.2. The van der Waals surface area contributed by atoms with Crippen LogP contribution in [0.1, 0.15) is 37.8 Å². The maximum Gasteiger partial charge on any atom is 0.325 e. The average molecular weight is 419 g/mol. The third kappa shape index (κ3) is 4.55. The second-order valence-corrected chi connectivity index (χ2v) is 7.14. The van der Waals surface area contributed by atoms with Gasteiger partial charge in [-0.1, -0.05) is 13.0 Å². The molecule has 1 saturated heterocycles. The lowest BCUT2D eigenvalue weighted by Crippen LogP contribution is -2.45. The predicted octanol–water partition coefficient (Wildman–Crippen LogP) is 1.57. The molecule has 0 aliphatic carbocycles. The molecule has 1 aromatic rings. The van der Waals surface area contributed by atoms with Crippen molar-refractivity contribution in [2.45, 2.75) is 39.2 Å². The molecule has 1 atom stereocenters. The summed E-state index contributed by atoms with van der Waals surface area (Å²) in [5.74, 6) is -0.656. The van der Waals surface area contributed by atoms with Crippen molar-refractivity contribution < 1.29 is 28.7 Å². The number of ether oxygens (including phenoxy) is 2. The molecule has 9 heteroatoms. The van der Waals surface area contributed by atoms with Crippen molar-refractivity contribution in [2.75, 3.05) is 33.9 Å². The number of urea groups is 1. The SMILES string of the molecule is CCOC(=O)CCN(C)C(=O)CN1C(=O)NC(CC)(c2ccc(OC)c(C)c2)C1=O. The van der Waals surface area contributed by atoms with Gasteiger partial charge in [0.05, 0.1) is 20.1 Å². The number of likely N-dealkylation sites (N-methyl/N-ethyl adjacent to an activating group) is 1. The summed E-state index contributed by atoms with van der Waals surface area (Å²) in [5, 5.41) is 2.76. The lowest BCUT2D eigenvalue weighted by Gasteiger charge is -2.27. The van der Waals surface area contributed by atoms with Crippen molar-refractivity contribution in [1.82, 2.24) is 15.1 Å². The summed E-state index contributed by atoms with van der Waals surface area (Å²) in [5.41, 5.74) is 0.225. The summed E-state index contributed by atoms with van der Waals surface area (Å²) in [7, 11) is 3.08. The minimum atomic E-state index is -1.24. The van der Waals surface area contributed by atoms with Crippen LogP contribution in [0.2, 0.25) is 0 Å². The van der Waals surface area contributed by atoms with E-state index >= 15 is 0 Å². The number of amides is 4. The van der Waals surface area contributed by atoms with Gasteiger partial charge in [0.15, 0.2) is 0 Å². The maximum atomic E-state index is 13.2. The first-order chi connectivity index (χ1) is 14.2. The largest absolute Gasteiger partial charge is 0.496 e. The van der Waals surface area contributed by atoms with Crippen LogP contribution in [0.15, 0.2) is 18.2 Å². The van der Waals surface area contributed by atoms with Gasteiger partial charge >= 0.3 is 12.0 Å². The van der Waals surface area contributed by atoms with Crippen LogP contribution in [0.4, 0.5) is 4.79 Å². The molecule has 0 aromatic heterocycles. The van der Waals surface area contributed by atoms with Gasteiger partial charge in [0.1, 0.15) is 17.8 Å². The molecule has 1 aromatic carbocycles. The minimum absolute atomic E-state index is 0.0419. The Hall–Kier alpha value is -3.10. The second kappa shape index (κ2) is 9.60. The summed E-state index contributed by atoms with van der Waals surface area (Å²) in [6, 6.07) is 4.67. The van der Waals surface area contributed by atoms with Crippen LogP contribution < -0.4 is 10.1 Å². The van der Waals surface area contributed by atoms with E-state index in [4.69, 9.17) is 9.47 Å². The Kier molecular flexibility index (Phi) is 7.42. The number of rotatable bonds is 9. The van der Waals surface area contributed by atoms with Gasteiger partial charge in [0.25, 0.3) is 5.91 Å². The molecule has 30 heavy (non-hydrogen) atoms. The highest BCUT2D eigenvalue weighted by atomic mass is 16.5. The van der Waals surface area contributed by atoms with Gasteiger partial charge in [-0.15, -0.1) is 0 Å². The summed E-state index contributed by atoms with van der Waals surface area (Å²) >= 11 is 0. The molecule has 1 unspecified atom stereocenters. The molecule has 1 N–H and O–H groups in total. The van der Waals surface area contributed by atoms with E-state index in [-0.39, 0.29) is 19.6 Å². The smallest absolute Gasteiger partial charge is 0.325 e. The van der Waals surface area contributed by atoms with Crippen molar-refractivity contribution in [1.29, 1.82) is 0 Å². The highest BCUT2D eigenvalue weighted by Crippen LogP contribution is 2.34. The van der Waals surface area contributed by atoms with Crippen LogP contribution in [0.5, 0.6) is 5.75 Å². The predicted molar refractivity (Wildman–Crippen MR) is 109 cm³/mol. The lowest BCUT2D eigenvalue weighted by molar-refractivity contribution is -0.144. The Labute approximate surface area is 176 Å². The number of methoxy groups -OCH3 is 1. The number of carbonyl (C=O) groups excluding carboxylic acids is 4. The third-order valence-corrected chi connectivity index (χ3v) is 5.27. The Morgan fingerprint density at radius 2 is 1.93 bits per heavy atom. The van der Waals surface area contributed by atoms with E-state index in [0.29, 0.717) is 17.7 Å². The van der Waals surface area contributed by atoms with Crippen LogP contribution in [-0.4, -0.2) is 67.5 Å². The first-order valence-electron chi connectivity index (χ1n) is 9.89. The van der Waals surface area contributed by atoms with Crippen molar-refractivity contribution in [3.05, 3.63) is 29.3 Å². The van der Waals surface area contributed by atoms with Crippen LogP contribution in [-0.2, 0) is 24.7 Å². The molecule has 1 fully saturated rings. The topological polar surface area (TPSA) is 105 Å². The molecule has 164 valence electrons. The van der Waals surface area contributed by atoms with Crippen molar-refractivity contribution >= 4 is 23.8 Å². The number of nitrogens with one attached hydrogen (secondary N) is 1. The van der Waals surface area contributed by atoms with Crippen molar-refractivity contribution in [2.24, 2.45) is 0 Å². The first-order valence-corrected chi connectivity index (χ1v) is 9.89. The Morgan fingerprint density at radius 3 is 2.50 bits per heavy atom. The van der Waals surface area contributed by atoms with Gasteiger partial charge in [0.2, 0.25) is 5.91 Å². The van der Waals surface area contributed by atoms with Gasteiger partial charge in [-0.3, -0.25) is 19.3 Å². The van der Waals surface area contributed by atoms with Crippen molar-refractivity contribution in [3.63, 3.8) is 0 Å². The van der Waals surface area contributed by atoms with Crippen molar-refractivity contribution in [3.8, 4) is 5.75 Å². The molecule has 0 spiro atoms. The normalized spacial score (nSPS) is 18.2. The molecule has 2 rings (SSSR count). The zero-order chi connectivity index (χ0) is 22.5. The second-order valence-electron chi connectivity index (χ2n) is 7.14. The van der Waals surface area contributed by atoms with E-state index in [0.717, 1.165) is 10.5 Å². The van der Waals surface area contributed by atoms with Crippen LogP contribution in [0.25, 0.3) is 0 Å². The zero-order valence-corrected chi connectivity index (χ0v) is 18.1. The summed E-state index contributed by atoms with van der Waals surface area (Å²) < 4.78 is 10.1. The van der Waals surface area contributed by atoms with E-state index in [1.165, 1.54) is 11.9 Å². The Balaban J connectivity index is 2.15. The number of imide groups is 1. The van der Waals surface area contributed by atoms with E-state index < -0.39 is 35.9 Å². The minimum Gasteiger partial charge on any atom is -0.496 e. The van der Waals surface area contributed by atoms with Crippen LogP contribution in [0, 0.1) is 6.92 Å². The molecule has 0 bridgehead atoms. The van der Waals surface area contributed by atoms with E-state index in [2.05, 4.69) is 5.32 Å². The zero-order valence-electron chi connectivity index (χ0n) is 18.1. The molecule has 1 heterocycles. The molecular weight excluding hydrogens is 390 g/mol. The van der Waals surface area contributed by atoms with Gasteiger partial charge < -0.3 is 19.7 Å². The molecule has 1 aliphatic rings. The lowest BCUT2D eigenvalue weighted by atomic mass is 9.86. The molecule has 9 nitrogen and oxygen atoms in total. The van der Waals surface area contributed by atoms with E-state index in [9.17, 15) is 19.2 Å². The standard InChI is InChI=1S/C21H29N3O6/c1-6-21(15-8-9-16(29-5)14(3)12-15)19(27)24(20(28)22-21)13-17(25)23(4)11-10-18(26)30-7-2/h8-9,12H,6-7,10-11,13H2,1-5H3,(H,22,28). The number of nitrogens with zero attached hydrogens (tertiary/aromatic N) is 2. The van der Waals surface area contributed by atoms with Gasteiger partial charge in [-0.05, 0) is 43.5 Å². The molecule has 1 aliphatic heterocycles. The van der Waals surface area contributed by atoms with Crippen LogP contribution >= 0.6 is 0 Å². The van der Waals surface area contributed by atoms with Gasteiger partial charge in [0, 0.05) is 13.6 Å². The quantitative estimate of drug-likeness (QED) is 0.481. The molecule has 0 radical (unpaired) electrons. The van der Waals surface area contributed by atoms with Gasteiger partial charge in [-0.25, -0.2) is 4.79 Å². The highest BCUT2D eigenvalue weighted by Gasteiger charge is 2.51. The average Bonchev–Trinajstić information content (AvgIpc) is 2.97.